The number of hydrogen-bond donors (Lipinski definition) is 1. The Balaban J connectivity index is 2.13. The molecule has 0 saturated carbocycles. The number of ketones is 1. The van der Waals surface area contributed by atoms with Gasteiger partial charge in [0.25, 0.3) is 11.7 Å². The first-order chi connectivity index (χ1) is 14.8. The summed E-state index contributed by atoms with van der Waals surface area (Å²) in [5, 5.41) is 11.2. The van der Waals surface area contributed by atoms with E-state index in [1.165, 1.54) is 0 Å². The number of hydrogen-bond acceptors (Lipinski definition) is 4. The van der Waals surface area contributed by atoms with E-state index in [9.17, 15) is 14.7 Å². The lowest BCUT2D eigenvalue weighted by atomic mass is 9.93. The van der Waals surface area contributed by atoms with Gasteiger partial charge in [-0.15, -0.1) is 0 Å². The molecular formula is C25H29BrN2O3. The van der Waals surface area contributed by atoms with Crippen LogP contribution >= 0.6 is 15.9 Å². The van der Waals surface area contributed by atoms with Gasteiger partial charge < -0.3 is 14.9 Å². The number of nitrogens with zero attached hydrogens (tertiary/aromatic N) is 2. The molecule has 1 amide bonds. The van der Waals surface area contributed by atoms with Gasteiger partial charge in [0.15, 0.2) is 0 Å². The van der Waals surface area contributed by atoms with Crippen LogP contribution in [0, 0.1) is 13.8 Å². The second kappa shape index (κ2) is 9.79. The summed E-state index contributed by atoms with van der Waals surface area (Å²) >= 11 is 3.44. The lowest BCUT2D eigenvalue weighted by molar-refractivity contribution is -0.140. The molecular weight excluding hydrogens is 456 g/mol. The van der Waals surface area contributed by atoms with E-state index in [-0.39, 0.29) is 11.3 Å². The van der Waals surface area contributed by atoms with Crippen molar-refractivity contribution < 1.29 is 14.7 Å². The number of likely N-dealkylation sites (N-methyl/N-ethyl adjacent to an activating group) is 1. The summed E-state index contributed by atoms with van der Waals surface area (Å²) < 4.78 is 0.908. The largest absolute Gasteiger partial charge is 0.507 e. The molecule has 0 spiro atoms. The van der Waals surface area contributed by atoms with Crippen LogP contribution in [-0.2, 0) is 9.59 Å². The Kier molecular flexibility index (Phi) is 7.34. The van der Waals surface area contributed by atoms with Crippen LogP contribution in [0.5, 0.6) is 0 Å². The Morgan fingerprint density at radius 3 is 2.32 bits per heavy atom. The van der Waals surface area contributed by atoms with Crippen LogP contribution in [-0.4, -0.2) is 52.8 Å². The molecule has 164 valence electrons. The second-order valence-electron chi connectivity index (χ2n) is 7.89. The molecule has 0 bridgehead atoms. The second-order valence-corrected chi connectivity index (χ2v) is 8.80. The first-order valence-corrected chi connectivity index (χ1v) is 11.4. The number of amides is 1. The van der Waals surface area contributed by atoms with Crippen LogP contribution in [0.2, 0.25) is 0 Å². The van der Waals surface area contributed by atoms with Crippen LogP contribution < -0.4 is 0 Å². The van der Waals surface area contributed by atoms with E-state index in [0.717, 1.165) is 34.3 Å². The smallest absolute Gasteiger partial charge is 0.295 e. The quantitative estimate of drug-likeness (QED) is 0.347. The molecule has 1 saturated heterocycles. The first-order valence-electron chi connectivity index (χ1n) is 10.6. The zero-order valence-corrected chi connectivity index (χ0v) is 20.1. The Hall–Kier alpha value is -2.44. The Bertz CT molecular complexity index is 1010. The van der Waals surface area contributed by atoms with E-state index in [0.29, 0.717) is 18.7 Å². The summed E-state index contributed by atoms with van der Waals surface area (Å²) in [6.45, 7) is 10.8. The molecule has 2 aromatic carbocycles. The molecule has 5 nitrogen and oxygen atoms in total. The van der Waals surface area contributed by atoms with E-state index in [2.05, 4.69) is 34.7 Å². The minimum absolute atomic E-state index is 0.113. The molecule has 0 aliphatic carbocycles. The van der Waals surface area contributed by atoms with Crippen molar-refractivity contribution in [3.05, 3.63) is 74.8 Å². The van der Waals surface area contributed by atoms with E-state index >= 15 is 0 Å². The molecule has 1 atom stereocenters. The van der Waals surface area contributed by atoms with Crippen LogP contribution in [0.15, 0.2) is 52.5 Å². The lowest BCUT2D eigenvalue weighted by Gasteiger charge is -2.28. The summed E-state index contributed by atoms with van der Waals surface area (Å²) in [7, 11) is 0. The van der Waals surface area contributed by atoms with Crippen molar-refractivity contribution >= 4 is 33.4 Å². The fourth-order valence-corrected chi connectivity index (χ4v) is 4.29. The average molecular weight is 485 g/mol. The Morgan fingerprint density at radius 2 is 1.71 bits per heavy atom. The van der Waals surface area contributed by atoms with Crippen LogP contribution in [0.1, 0.15) is 42.1 Å². The third-order valence-electron chi connectivity index (χ3n) is 5.93. The highest BCUT2D eigenvalue weighted by Gasteiger charge is 2.46. The summed E-state index contributed by atoms with van der Waals surface area (Å²) in [5.41, 5.74) is 3.37. The van der Waals surface area contributed by atoms with Crippen LogP contribution in [0.3, 0.4) is 0 Å². The highest BCUT2D eigenvalue weighted by Crippen LogP contribution is 2.40. The number of benzene rings is 2. The molecule has 6 heteroatoms. The predicted molar refractivity (Wildman–Crippen MR) is 127 cm³/mol. The van der Waals surface area contributed by atoms with Crippen molar-refractivity contribution in [2.45, 2.75) is 33.7 Å². The third-order valence-corrected chi connectivity index (χ3v) is 6.45. The Morgan fingerprint density at radius 1 is 1.06 bits per heavy atom. The van der Waals surface area contributed by atoms with E-state index in [4.69, 9.17) is 0 Å². The third kappa shape index (κ3) is 4.75. The molecule has 1 aliphatic heterocycles. The van der Waals surface area contributed by atoms with Gasteiger partial charge in [-0.25, -0.2) is 0 Å². The maximum absolute atomic E-state index is 13.1. The molecule has 0 radical (unpaired) electrons. The maximum Gasteiger partial charge on any atom is 0.295 e. The van der Waals surface area contributed by atoms with Gasteiger partial charge in [0.2, 0.25) is 0 Å². The molecule has 1 N–H and O–H groups in total. The molecule has 1 fully saturated rings. The number of aliphatic hydroxyl groups is 1. The van der Waals surface area contributed by atoms with Gasteiger partial charge in [-0.2, -0.15) is 0 Å². The lowest BCUT2D eigenvalue weighted by Crippen LogP contribution is -2.38. The first kappa shape index (κ1) is 23.2. The fourth-order valence-electron chi connectivity index (χ4n) is 4.03. The van der Waals surface area contributed by atoms with Crippen molar-refractivity contribution in [2.75, 3.05) is 26.2 Å². The summed E-state index contributed by atoms with van der Waals surface area (Å²) in [6.07, 6.45) is 0. The monoisotopic (exact) mass is 484 g/mol. The van der Waals surface area contributed by atoms with Gasteiger partial charge >= 0.3 is 0 Å². The van der Waals surface area contributed by atoms with Gasteiger partial charge in [-0.1, -0.05) is 59.6 Å². The summed E-state index contributed by atoms with van der Waals surface area (Å²) in [5.74, 6) is -1.31. The number of aryl methyl sites for hydroxylation is 2. The normalized spacial score (nSPS) is 18.3. The van der Waals surface area contributed by atoms with Gasteiger partial charge in [0.1, 0.15) is 5.76 Å². The van der Waals surface area contributed by atoms with Crippen LogP contribution in [0.25, 0.3) is 5.76 Å². The van der Waals surface area contributed by atoms with Crippen molar-refractivity contribution in [3.63, 3.8) is 0 Å². The standard InChI is InChI=1S/C25H29BrN2O3/c1-5-27(6-2)13-14-28-22(18-9-11-19(26)12-10-18)21(24(30)25(28)31)23(29)20-15-16(3)7-8-17(20)4/h7-12,15,22,29H,5-6,13-14H2,1-4H3/b23-21+. The number of aliphatic hydroxyl groups excluding tert-OH is 1. The molecule has 1 unspecified atom stereocenters. The van der Waals surface area contributed by atoms with Gasteiger partial charge in [-0.05, 0) is 56.3 Å². The van der Waals surface area contributed by atoms with Crippen molar-refractivity contribution in [2.24, 2.45) is 0 Å². The highest BCUT2D eigenvalue weighted by atomic mass is 79.9. The number of halogens is 1. The zero-order chi connectivity index (χ0) is 22.7. The molecule has 3 rings (SSSR count). The molecule has 31 heavy (non-hydrogen) atoms. The Labute approximate surface area is 192 Å². The molecule has 2 aromatic rings. The van der Waals surface area contributed by atoms with Crippen molar-refractivity contribution in [1.29, 1.82) is 0 Å². The van der Waals surface area contributed by atoms with E-state index in [1.54, 1.807) is 4.90 Å². The highest BCUT2D eigenvalue weighted by molar-refractivity contribution is 9.10. The van der Waals surface area contributed by atoms with Crippen LogP contribution in [0.4, 0.5) is 0 Å². The predicted octanol–water partition coefficient (Wildman–Crippen LogP) is 4.83. The van der Waals surface area contributed by atoms with Crippen molar-refractivity contribution in [3.8, 4) is 0 Å². The zero-order valence-electron chi connectivity index (χ0n) is 18.5. The number of rotatable bonds is 7. The van der Waals surface area contributed by atoms with Gasteiger partial charge in [-0.3, -0.25) is 9.59 Å². The molecule has 1 heterocycles. The van der Waals surface area contributed by atoms with Crippen molar-refractivity contribution in [1.82, 2.24) is 9.80 Å². The van der Waals surface area contributed by atoms with Gasteiger partial charge in [0, 0.05) is 23.1 Å². The SMILES string of the molecule is CCN(CC)CCN1C(=O)C(=O)/C(=C(/O)c2cc(C)ccc2C)C1c1ccc(Br)cc1. The average Bonchev–Trinajstić information content (AvgIpc) is 3.01. The fraction of sp³-hybridized carbons (Fsp3) is 0.360. The molecule has 1 aliphatic rings. The summed E-state index contributed by atoms with van der Waals surface area (Å²) in [4.78, 5) is 30.0. The topological polar surface area (TPSA) is 60.9 Å². The number of carbonyl (C=O) groups is 2. The van der Waals surface area contributed by atoms with E-state index in [1.807, 2.05) is 56.3 Å². The van der Waals surface area contributed by atoms with E-state index < -0.39 is 17.7 Å². The maximum atomic E-state index is 13.1. The molecule has 0 aromatic heterocycles. The number of carbonyl (C=O) groups excluding carboxylic acids is 2. The summed E-state index contributed by atoms with van der Waals surface area (Å²) in [6, 6.07) is 12.7. The minimum Gasteiger partial charge on any atom is -0.507 e. The van der Waals surface area contributed by atoms with Gasteiger partial charge in [0.05, 0.1) is 11.6 Å². The number of Topliss-reactive ketones (excluding diaryl/α,β-unsaturated/α-hetero) is 1. The minimum atomic E-state index is -0.633. The number of likely N-dealkylation sites (tertiary alicyclic amines) is 1.